The van der Waals surface area contributed by atoms with Crippen LogP contribution in [-0.4, -0.2) is 38.6 Å². The van der Waals surface area contributed by atoms with Gasteiger partial charge in [-0.05, 0) is 43.7 Å². The SMILES string of the molecule is CNCCC(=O)N(C)Cc1cc(C)c(OC)cc1C. The second-order valence-corrected chi connectivity index (χ2v) is 4.85. The molecule has 1 aromatic carbocycles. The minimum Gasteiger partial charge on any atom is -0.496 e. The molecule has 0 unspecified atom stereocenters. The van der Waals surface area contributed by atoms with Gasteiger partial charge in [0.05, 0.1) is 7.11 Å². The number of methoxy groups -OCH3 is 1. The number of hydrogen-bond donors (Lipinski definition) is 1. The second kappa shape index (κ2) is 7.14. The van der Waals surface area contributed by atoms with Gasteiger partial charge in [-0.1, -0.05) is 6.07 Å². The summed E-state index contributed by atoms with van der Waals surface area (Å²) >= 11 is 0. The third-order valence-corrected chi connectivity index (χ3v) is 3.28. The van der Waals surface area contributed by atoms with Crippen molar-refractivity contribution in [2.45, 2.75) is 26.8 Å². The molecular weight excluding hydrogens is 240 g/mol. The van der Waals surface area contributed by atoms with E-state index in [1.165, 1.54) is 5.56 Å². The quantitative estimate of drug-likeness (QED) is 0.853. The number of carbonyl (C=O) groups is 1. The fraction of sp³-hybridized carbons (Fsp3) is 0.533. The van der Waals surface area contributed by atoms with E-state index in [4.69, 9.17) is 4.74 Å². The van der Waals surface area contributed by atoms with Crippen LogP contribution >= 0.6 is 0 Å². The Balaban J connectivity index is 2.76. The van der Waals surface area contributed by atoms with Gasteiger partial charge in [0.1, 0.15) is 5.75 Å². The number of benzene rings is 1. The molecule has 1 amide bonds. The minimum atomic E-state index is 0.155. The van der Waals surface area contributed by atoms with E-state index in [1.54, 1.807) is 12.0 Å². The molecule has 0 aromatic heterocycles. The largest absolute Gasteiger partial charge is 0.496 e. The zero-order valence-corrected chi connectivity index (χ0v) is 12.5. The standard InChI is InChI=1S/C15H24N2O2/c1-11-9-14(19-5)12(2)8-13(11)10-17(4)15(18)6-7-16-3/h8-9,16H,6-7,10H2,1-5H3. The predicted octanol–water partition coefficient (Wildman–Crippen LogP) is 1.88. The first kappa shape index (κ1) is 15.5. The Labute approximate surface area is 115 Å². The molecule has 0 radical (unpaired) electrons. The molecule has 4 heteroatoms. The highest BCUT2D eigenvalue weighted by Gasteiger charge is 2.11. The molecule has 0 aliphatic heterocycles. The van der Waals surface area contributed by atoms with Crippen LogP contribution in [0.5, 0.6) is 5.75 Å². The number of nitrogens with zero attached hydrogens (tertiary/aromatic N) is 1. The van der Waals surface area contributed by atoms with Gasteiger partial charge in [-0.25, -0.2) is 0 Å². The van der Waals surface area contributed by atoms with Crippen LogP contribution in [0, 0.1) is 13.8 Å². The van der Waals surface area contributed by atoms with Gasteiger partial charge in [0.2, 0.25) is 5.91 Å². The molecule has 0 saturated carbocycles. The lowest BCUT2D eigenvalue weighted by Gasteiger charge is -2.19. The average molecular weight is 264 g/mol. The van der Waals surface area contributed by atoms with Crippen molar-refractivity contribution in [3.05, 3.63) is 28.8 Å². The summed E-state index contributed by atoms with van der Waals surface area (Å²) in [7, 11) is 5.37. The van der Waals surface area contributed by atoms with Crippen LogP contribution in [0.2, 0.25) is 0 Å². The van der Waals surface area contributed by atoms with Gasteiger partial charge in [-0.2, -0.15) is 0 Å². The van der Waals surface area contributed by atoms with Gasteiger partial charge < -0.3 is 15.0 Å². The molecule has 0 heterocycles. The van der Waals surface area contributed by atoms with Crippen LogP contribution in [-0.2, 0) is 11.3 Å². The number of aryl methyl sites for hydroxylation is 2. The fourth-order valence-corrected chi connectivity index (χ4v) is 2.01. The third-order valence-electron chi connectivity index (χ3n) is 3.28. The van der Waals surface area contributed by atoms with Crippen LogP contribution in [0.25, 0.3) is 0 Å². The van der Waals surface area contributed by atoms with Gasteiger partial charge >= 0.3 is 0 Å². The summed E-state index contributed by atoms with van der Waals surface area (Å²) in [5.74, 6) is 1.05. The number of nitrogens with one attached hydrogen (secondary N) is 1. The predicted molar refractivity (Wildman–Crippen MR) is 77.5 cm³/mol. The smallest absolute Gasteiger partial charge is 0.223 e. The van der Waals surface area contributed by atoms with Crippen LogP contribution < -0.4 is 10.1 Å². The Morgan fingerprint density at radius 3 is 2.58 bits per heavy atom. The van der Waals surface area contributed by atoms with Crippen LogP contribution in [0.4, 0.5) is 0 Å². The lowest BCUT2D eigenvalue weighted by Crippen LogP contribution is -2.29. The summed E-state index contributed by atoms with van der Waals surface area (Å²) in [6.07, 6.45) is 0.529. The van der Waals surface area contributed by atoms with E-state index < -0.39 is 0 Å². The monoisotopic (exact) mass is 264 g/mol. The number of amides is 1. The normalized spacial score (nSPS) is 10.4. The highest BCUT2D eigenvalue weighted by molar-refractivity contribution is 5.76. The van der Waals surface area contributed by atoms with Crippen molar-refractivity contribution in [1.29, 1.82) is 0 Å². The van der Waals surface area contributed by atoms with Crippen LogP contribution in [0.15, 0.2) is 12.1 Å². The molecule has 19 heavy (non-hydrogen) atoms. The van der Waals surface area contributed by atoms with Crippen molar-refractivity contribution in [3.8, 4) is 5.75 Å². The number of hydrogen-bond acceptors (Lipinski definition) is 3. The van der Waals surface area contributed by atoms with Gasteiger partial charge in [0.15, 0.2) is 0 Å². The maximum atomic E-state index is 11.9. The Morgan fingerprint density at radius 1 is 1.32 bits per heavy atom. The van der Waals surface area contributed by atoms with Crippen molar-refractivity contribution in [2.24, 2.45) is 0 Å². The lowest BCUT2D eigenvalue weighted by molar-refractivity contribution is -0.130. The third kappa shape index (κ3) is 4.24. The van der Waals surface area contributed by atoms with Gasteiger partial charge in [-0.15, -0.1) is 0 Å². The van der Waals surface area contributed by atoms with E-state index in [0.29, 0.717) is 19.5 Å². The summed E-state index contributed by atoms with van der Waals surface area (Å²) < 4.78 is 5.30. The summed E-state index contributed by atoms with van der Waals surface area (Å²) in [5, 5.41) is 2.99. The maximum Gasteiger partial charge on any atom is 0.223 e. The topological polar surface area (TPSA) is 41.6 Å². The molecule has 0 aliphatic carbocycles. The molecule has 0 saturated heterocycles. The molecule has 0 fully saturated rings. The van der Waals surface area contributed by atoms with Crippen molar-refractivity contribution in [3.63, 3.8) is 0 Å². The maximum absolute atomic E-state index is 11.9. The van der Waals surface area contributed by atoms with E-state index in [0.717, 1.165) is 16.9 Å². The Morgan fingerprint density at radius 2 is 2.00 bits per heavy atom. The molecule has 0 atom stereocenters. The zero-order valence-electron chi connectivity index (χ0n) is 12.5. The van der Waals surface area contributed by atoms with Crippen molar-refractivity contribution in [2.75, 3.05) is 27.7 Å². The van der Waals surface area contributed by atoms with Gasteiger partial charge in [0.25, 0.3) is 0 Å². The van der Waals surface area contributed by atoms with Crippen molar-refractivity contribution >= 4 is 5.91 Å². The first-order valence-corrected chi connectivity index (χ1v) is 6.52. The Hall–Kier alpha value is -1.55. The van der Waals surface area contributed by atoms with Crippen LogP contribution in [0.1, 0.15) is 23.1 Å². The highest BCUT2D eigenvalue weighted by atomic mass is 16.5. The molecule has 106 valence electrons. The van der Waals surface area contributed by atoms with Gasteiger partial charge in [0, 0.05) is 26.6 Å². The van der Waals surface area contributed by atoms with E-state index in [1.807, 2.05) is 34.0 Å². The van der Waals surface area contributed by atoms with Crippen LogP contribution in [0.3, 0.4) is 0 Å². The first-order chi connectivity index (χ1) is 8.99. The number of ether oxygens (including phenoxy) is 1. The molecule has 1 N–H and O–H groups in total. The molecule has 4 nitrogen and oxygen atoms in total. The molecule has 1 rings (SSSR count). The fourth-order valence-electron chi connectivity index (χ4n) is 2.01. The summed E-state index contributed by atoms with van der Waals surface area (Å²) in [5.41, 5.74) is 3.41. The lowest BCUT2D eigenvalue weighted by atomic mass is 10.0. The van der Waals surface area contributed by atoms with E-state index in [2.05, 4.69) is 11.4 Å². The zero-order chi connectivity index (χ0) is 14.4. The average Bonchev–Trinajstić information content (AvgIpc) is 2.39. The van der Waals surface area contributed by atoms with Crippen molar-refractivity contribution < 1.29 is 9.53 Å². The Bertz CT molecular complexity index is 444. The number of rotatable bonds is 6. The van der Waals surface area contributed by atoms with E-state index in [-0.39, 0.29) is 5.91 Å². The number of carbonyl (C=O) groups excluding carboxylic acids is 1. The minimum absolute atomic E-state index is 0.155. The summed E-state index contributed by atoms with van der Waals surface area (Å²) in [6, 6.07) is 4.12. The molecule has 0 aliphatic rings. The summed E-state index contributed by atoms with van der Waals surface area (Å²) in [4.78, 5) is 13.7. The first-order valence-electron chi connectivity index (χ1n) is 6.52. The Kier molecular flexibility index (Phi) is 5.83. The molecule has 0 bridgehead atoms. The van der Waals surface area contributed by atoms with E-state index >= 15 is 0 Å². The molecule has 0 spiro atoms. The second-order valence-electron chi connectivity index (χ2n) is 4.85. The molecular formula is C15H24N2O2. The summed E-state index contributed by atoms with van der Waals surface area (Å²) in [6.45, 7) is 5.41. The van der Waals surface area contributed by atoms with E-state index in [9.17, 15) is 4.79 Å². The van der Waals surface area contributed by atoms with Gasteiger partial charge in [-0.3, -0.25) is 4.79 Å². The molecule has 1 aromatic rings. The highest BCUT2D eigenvalue weighted by Crippen LogP contribution is 2.23. The van der Waals surface area contributed by atoms with Crippen molar-refractivity contribution in [1.82, 2.24) is 10.2 Å².